The molecule has 0 aromatic heterocycles. The molecule has 246 valence electrons. The molecule has 0 N–H and O–H groups in total. The van der Waals surface area contributed by atoms with Crippen LogP contribution in [0.15, 0.2) is 0 Å². The minimum Gasteiger partial charge on any atom is -0.463 e. The van der Waals surface area contributed by atoms with Gasteiger partial charge >= 0.3 is 41.8 Å². The fraction of sp³-hybridized carbons (Fsp3) is 0.741. The molecule has 2 unspecified atom stereocenters. The van der Waals surface area contributed by atoms with Gasteiger partial charge < -0.3 is 47.4 Å². The zero-order chi connectivity index (χ0) is 32.9. The fourth-order valence-electron chi connectivity index (χ4n) is 5.13. The number of ether oxygens (including phenoxy) is 10. The Hall–Kier alpha value is -3.83. The SMILES string of the molecule is CC(=O)OC[C@H]1O[C@@H](O[C@H]2[C@H](OC(C)=O)[C@H]3OC(=O)C(C)C3O[C@@H]2COC(C)=O)[C@H](OC(C)=O)[C@@H](OC(C)=O)[C@H]1OC(C)=O. The van der Waals surface area contributed by atoms with Crippen molar-refractivity contribution in [1.82, 2.24) is 0 Å². The summed E-state index contributed by atoms with van der Waals surface area (Å²) in [5.74, 6) is -6.19. The van der Waals surface area contributed by atoms with Gasteiger partial charge in [0.2, 0.25) is 0 Å². The first-order chi connectivity index (χ1) is 20.6. The maximum absolute atomic E-state index is 12.5. The minimum atomic E-state index is -1.70. The second-order valence-corrected chi connectivity index (χ2v) is 10.4. The van der Waals surface area contributed by atoms with Crippen LogP contribution >= 0.6 is 0 Å². The van der Waals surface area contributed by atoms with Crippen LogP contribution in [0, 0.1) is 5.92 Å². The third kappa shape index (κ3) is 8.63. The lowest BCUT2D eigenvalue weighted by Crippen LogP contribution is -2.66. The largest absolute Gasteiger partial charge is 0.463 e. The van der Waals surface area contributed by atoms with E-state index in [9.17, 15) is 33.6 Å². The molecule has 3 rings (SSSR count). The van der Waals surface area contributed by atoms with Gasteiger partial charge in [0.1, 0.15) is 37.6 Å². The lowest BCUT2D eigenvalue weighted by atomic mass is 9.90. The van der Waals surface area contributed by atoms with Gasteiger partial charge in [0, 0.05) is 41.5 Å². The van der Waals surface area contributed by atoms with Crippen LogP contribution in [0.2, 0.25) is 0 Å². The second kappa shape index (κ2) is 14.8. The normalized spacial score (nSPS) is 34.4. The second-order valence-electron chi connectivity index (χ2n) is 10.4. The van der Waals surface area contributed by atoms with E-state index >= 15 is 0 Å². The van der Waals surface area contributed by atoms with Crippen molar-refractivity contribution in [3.63, 3.8) is 0 Å². The van der Waals surface area contributed by atoms with Gasteiger partial charge in [-0.25, -0.2) is 0 Å². The molecule has 44 heavy (non-hydrogen) atoms. The molecule has 3 fully saturated rings. The van der Waals surface area contributed by atoms with Crippen LogP contribution in [0.5, 0.6) is 0 Å². The van der Waals surface area contributed by atoms with E-state index in [2.05, 4.69) is 0 Å². The highest BCUT2D eigenvalue weighted by atomic mass is 16.8. The zero-order valence-corrected chi connectivity index (χ0v) is 25.2. The summed E-state index contributed by atoms with van der Waals surface area (Å²) in [7, 11) is 0. The Morgan fingerprint density at radius 2 is 1.02 bits per heavy atom. The first-order valence-electron chi connectivity index (χ1n) is 13.7. The molecule has 3 aliphatic heterocycles. The van der Waals surface area contributed by atoms with Crippen LogP contribution in [0.4, 0.5) is 0 Å². The molecule has 3 heterocycles. The van der Waals surface area contributed by atoms with Crippen LogP contribution in [-0.4, -0.2) is 116 Å². The van der Waals surface area contributed by atoms with Crippen molar-refractivity contribution in [3.05, 3.63) is 0 Å². The molecule has 0 aliphatic carbocycles. The van der Waals surface area contributed by atoms with Crippen molar-refractivity contribution in [2.75, 3.05) is 13.2 Å². The average Bonchev–Trinajstić information content (AvgIpc) is 3.18. The molecule has 0 spiro atoms. The molecule has 0 bridgehead atoms. The van der Waals surface area contributed by atoms with Crippen LogP contribution in [0.3, 0.4) is 0 Å². The summed E-state index contributed by atoms with van der Waals surface area (Å²) in [5.41, 5.74) is 0. The van der Waals surface area contributed by atoms with Gasteiger partial charge in [-0.2, -0.15) is 0 Å². The fourth-order valence-corrected chi connectivity index (χ4v) is 5.13. The first kappa shape index (κ1) is 34.7. The molecule has 0 aromatic rings. The van der Waals surface area contributed by atoms with E-state index in [4.69, 9.17) is 47.4 Å². The summed E-state index contributed by atoms with van der Waals surface area (Å²) in [6, 6.07) is 0. The quantitative estimate of drug-likeness (QED) is 0.215. The number of hydrogen-bond donors (Lipinski definition) is 0. The first-order valence-corrected chi connectivity index (χ1v) is 13.7. The highest BCUT2D eigenvalue weighted by molar-refractivity contribution is 5.76. The lowest BCUT2D eigenvalue weighted by Gasteiger charge is -2.48. The van der Waals surface area contributed by atoms with Gasteiger partial charge in [-0.15, -0.1) is 0 Å². The Balaban J connectivity index is 2.09. The summed E-state index contributed by atoms with van der Waals surface area (Å²) < 4.78 is 55.7. The van der Waals surface area contributed by atoms with Crippen molar-refractivity contribution >= 4 is 41.8 Å². The minimum absolute atomic E-state index is 0.437. The number of fused-ring (bicyclic) bond motifs is 1. The van der Waals surface area contributed by atoms with E-state index in [1.54, 1.807) is 6.92 Å². The molecule has 3 aliphatic rings. The van der Waals surface area contributed by atoms with Gasteiger partial charge in [-0.05, 0) is 6.92 Å². The van der Waals surface area contributed by atoms with Crippen LogP contribution < -0.4 is 0 Å². The third-order valence-electron chi connectivity index (χ3n) is 6.78. The van der Waals surface area contributed by atoms with Gasteiger partial charge in [-0.1, -0.05) is 0 Å². The molecule has 0 aromatic carbocycles. The molecule has 0 amide bonds. The molecule has 3 saturated heterocycles. The molecule has 17 nitrogen and oxygen atoms in total. The Labute approximate surface area is 251 Å². The number of carbonyl (C=O) groups excluding carboxylic acids is 7. The van der Waals surface area contributed by atoms with E-state index < -0.39 is 122 Å². The predicted molar refractivity (Wildman–Crippen MR) is 137 cm³/mol. The van der Waals surface area contributed by atoms with Crippen molar-refractivity contribution in [2.45, 2.75) is 110 Å². The van der Waals surface area contributed by atoms with Crippen molar-refractivity contribution in [3.8, 4) is 0 Å². The van der Waals surface area contributed by atoms with Gasteiger partial charge in [0.25, 0.3) is 0 Å². The number of esters is 7. The van der Waals surface area contributed by atoms with Crippen LogP contribution in [0.25, 0.3) is 0 Å². The Kier molecular flexibility index (Phi) is 11.6. The molecule has 11 atom stereocenters. The molecular formula is C27H36O17. The highest BCUT2D eigenvalue weighted by Gasteiger charge is 2.60. The molecular weight excluding hydrogens is 596 g/mol. The Morgan fingerprint density at radius 1 is 0.568 bits per heavy atom. The van der Waals surface area contributed by atoms with Gasteiger partial charge in [0.05, 0.1) is 5.92 Å². The van der Waals surface area contributed by atoms with Gasteiger partial charge in [-0.3, -0.25) is 33.6 Å². The lowest BCUT2D eigenvalue weighted by molar-refractivity contribution is -0.342. The van der Waals surface area contributed by atoms with Crippen LogP contribution in [-0.2, 0) is 80.9 Å². The number of hydrogen-bond acceptors (Lipinski definition) is 17. The van der Waals surface area contributed by atoms with E-state index in [0.29, 0.717) is 0 Å². The van der Waals surface area contributed by atoms with Crippen LogP contribution in [0.1, 0.15) is 48.5 Å². The maximum Gasteiger partial charge on any atom is 0.311 e. The van der Waals surface area contributed by atoms with Crippen molar-refractivity contribution < 1.29 is 80.9 Å². The van der Waals surface area contributed by atoms with E-state index in [0.717, 1.165) is 41.5 Å². The summed E-state index contributed by atoms with van der Waals surface area (Å²) in [6.45, 7) is 7.13. The predicted octanol–water partition coefficient (Wildman–Crippen LogP) is -0.722. The summed E-state index contributed by atoms with van der Waals surface area (Å²) >= 11 is 0. The summed E-state index contributed by atoms with van der Waals surface area (Å²) in [6.07, 6.45) is -13.7. The number of rotatable bonds is 10. The Morgan fingerprint density at radius 3 is 1.52 bits per heavy atom. The summed E-state index contributed by atoms with van der Waals surface area (Å²) in [5, 5.41) is 0. The molecule has 17 heteroatoms. The van der Waals surface area contributed by atoms with Crippen molar-refractivity contribution in [2.24, 2.45) is 5.92 Å². The number of carbonyl (C=O) groups is 7. The van der Waals surface area contributed by atoms with E-state index in [-0.39, 0.29) is 0 Å². The standard InChI is InChI=1S/C27H36O17/c1-10-19-22(43-26(10)34)23(38-14(5)31)21(17(41-19)8-35-11(2)28)44-27-25(40-16(7)33)24(39-15(6)32)20(37-13(4)30)18(42-27)9-36-12(3)29/h10,17-25,27H,8-9H2,1-7H3/t10?,17-,18-,19?,20+,21-,22+,23+,24+,25-,27+/m1/s1. The monoisotopic (exact) mass is 632 g/mol. The zero-order valence-electron chi connectivity index (χ0n) is 25.2. The van der Waals surface area contributed by atoms with Gasteiger partial charge in [0.15, 0.2) is 36.8 Å². The van der Waals surface area contributed by atoms with E-state index in [1.807, 2.05) is 0 Å². The Bertz CT molecular complexity index is 1140. The third-order valence-corrected chi connectivity index (χ3v) is 6.78. The van der Waals surface area contributed by atoms with E-state index in [1.165, 1.54) is 0 Å². The smallest absolute Gasteiger partial charge is 0.311 e. The highest BCUT2D eigenvalue weighted by Crippen LogP contribution is 2.39. The summed E-state index contributed by atoms with van der Waals surface area (Å²) in [4.78, 5) is 84.4. The topological polar surface area (TPSA) is 212 Å². The van der Waals surface area contributed by atoms with Crippen molar-refractivity contribution in [1.29, 1.82) is 0 Å². The average molecular weight is 633 g/mol. The molecule has 0 radical (unpaired) electrons. The maximum atomic E-state index is 12.5. The molecule has 0 saturated carbocycles.